The first-order valence-electron chi connectivity index (χ1n) is 5.89. The Kier molecular flexibility index (Phi) is 3.06. The largest absolute Gasteiger partial charge is 0.507 e. The van der Waals surface area contributed by atoms with Crippen molar-refractivity contribution in [2.75, 3.05) is 6.26 Å². The minimum absolute atomic E-state index is 0.152. The molecule has 3 heteroatoms. The molecule has 0 saturated carbocycles. The molecule has 0 amide bonds. The van der Waals surface area contributed by atoms with Gasteiger partial charge in [-0.1, -0.05) is 0 Å². The molecular formula is C14H20O2S. The number of benzene rings is 1. The van der Waals surface area contributed by atoms with E-state index in [0.717, 1.165) is 34.6 Å². The van der Waals surface area contributed by atoms with Gasteiger partial charge in [0.15, 0.2) is 0 Å². The fourth-order valence-corrected chi connectivity index (χ4v) is 3.12. The van der Waals surface area contributed by atoms with Crippen LogP contribution in [0.25, 0.3) is 0 Å². The highest BCUT2D eigenvalue weighted by molar-refractivity contribution is 7.97. The van der Waals surface area contributed by atoms with Crippen LogP contribution in [0.1, 0.15) is 36.1 Å². The molecule has 0 atom stereocenters. The lowest BCUT2D eigenvalue weighted by atomic mass is 9.93. The predicted octanol–water partition coefficient (Wildman–Crippen LogP) is 3.59. The molecule has 1 N–H and O–H groups in total. The molecule has 1 aliphatic heterocycles. The number of phenolic OH excluding ortho intramolecular Hbond substituents is 1. The van der Waals surface area contributed by atoms with E-state index < -0.39 is 0 Å². The number of rotatable bonds is 2. The van der Waals surface area contributed by atoms with Crippen LogP contribution < -0.4 is 4.74 Å². The van der Waals surface area contributed by atoms with Crippen LogP contribution in [0.4, 0.5) is 0 Å². The Labute approximate surface area is 107 Å². The maximum atomic E-state index is 10.2. The molecule has 17 heavy (non-hydrogen) atoms. The summed E-state index contributed by atoms with van der Waals surface area (Å²) in [7, 11) is 0. The highest BCUT2D eigenvalue weighted by Gasteiger charge is 2.35. The first-order valence-corrected chi connectivity index (χ1v) is 7.28. The minimum atomic E-state index is -0.152. The van der Waals surface area contributed by atoms with E-state index in [1.54, 1.807) is 11.8 Å². The van der Waals surface area contributed by atoms with Gasteiger partial charge in [0.2, 0.25) is 0 Å². The average Bonchev–Trinajstić information content (AvgIpc) is 2.57. The van der Waals surface area contributed by atoms with Gasteiger partial charge in [0.05, 0.1) is 0 Å². The standard InChI is InChI=1S/C14H20O2S/c1-8-10-6-14(3,4)16-13(10)11(7-17-5)9(2)12(8)15/h15H,6-7H2,1-5H3. The number of fused-ring (bicyclic) bond motifs is 1. The van der Waals surface area contributed by atoms with E-state index in [9.17, 15) is 5.11 Å². The lowest BCUT2D eigenvalue weighted by Crippen LogP contribution is -2.25. The summed E-state index contributed by atoms with van der Waals surface area (Å²) >= 11 is 1.76. The van der Waals surface area contributed by atoms with E-state index in [2.05, 4.69) is 20.1 Å². The van der Waals surface area contributed by atoms with Gasteiger partial charge in [-0.25, -0.2) is 0 Å². The summed E-state index contributed by atoms with van der Waals surface area (Å²) in [6, 6.07) is 0. The van der Waals surface area contributed by atoms with Gasteiger partial charge in [-0.2, -0.15) is 11.8 Å². The van der Waals surface area contributed by atoms with E-state index in [1.807, 2.05) is 13.8 Å². The second-order valence-electron chi connectivity index (χ2n) is 5.36. The van der Waals surface area contributed by atoms with Crippen molar-refractivity contribution in [1.29, 1.82) is 0 Å². The Balaban J connectivity index is 2.64. The molecule has 1 heterocycles. The molecule has 1 aliphatic rings. The van der Waals surface area contributed by atoms with E-state index in [1.165, 1.54) is 5.56 Å². The van der Waals surface area contributed by atoms with Crippen molar-refractivity contribution >= 4 is 11.8 Å². The van der Waals surface area contributed by atoms with Crippen LogP contribution in [0.5, 0.6) is 11.5 Å². The van der Waals surface area contributed by atoms with Crippen LogP contribution in [0.15, 0.2) is 0 Å². The van der Waals surface area contributed by atoms with Gasteiger partial charge in [-0.3, -0.25) is 0 Å². The number of ether oxygens (including phenoxy) is 1. The lowest BCUT2D eigenvalue weighted by molar-refractivity contribution is 0.137. The number of hydrogen-bond acceptors (Lipinski definition) is 3. The predicted molar refractivity (Wildman–Crippen MR) is 73.2 cm³/mol. The SMILES string of the molecule is CSCc1c(C)c(O)c(C)c2c1OC(C)(C)C2. The highest BCUT2D eigenvalue weighted by Crippen LogP contribution is 2.46. The molecule has 0 aliphatic carbocycles. The maximum absolute atomic E-state index is 10.2. The molecule has 1 aromatic carbocycles. The van der Waals surface area contributed by atoms with Crippen molar-refractivity contribution in [2.24, 2.45) is 0 Å². The van der Waals surface area contributed by atoms with E-state index in [-0.39, 0.29) is 5.60 Å². The van der Waals surface area contributed by atoms with Crippen molar-refractivity contribution < 1.29 is 9.84 Å². The summed E-state index contributed by atoms with van der Waals surface area (Å²) in [4.78, 5) is 0. The van der Waals surface area contributed by atoms with Crippen molar-refractivity contribution in [3.8, 4) is 11.5 Å². The fraction of sp³-hybridized carbons (Fsp3) is 0.571. The monoisotopic (exact) mass is 252 g/mol. The van der Waals surface area contributed by atoms with Crippen molar-refractivity contribution in [3.63, 3.8) is 0 Å². The summed E-state index contributed by atoms with van der Waals surface area (Å²) in [6.07, 6.45) is 2.95. The zero-order chi connectivity index (χ0) is 12.8. The van der Waals surface area contributed by atoms with Crippen molar-refractivity contribution in [3.05, 3.63) is 22.3 Å². The molecule has 0 fully saturated rings. The maximum Gasteiger partial charge on any atom is 0.128 e. The zero-order valence-electron chi connectivity index (χ0n) is 11.2. The Bertz CT molecular complexity index is 464. The topological polar surface area (TPSA) is 29.5 Å². The normalized spacial score (nSPS) is 16.8. The van der Waals surface area contributed by atoms with Crippen LogP contribution in [-0.2, 0) is 12.2 Å². The molecule has 0 aromatic heterocycles. The minimum Gasteiger partial charge on any atom is -0.507 e. The second-order valence-corrected chi connectivity index (χ2v) is 6.22. The van der Waals surface area contributed by atoms with Gasteiger partial charge in [0.1, 0.15) is 17.1 Å². The van der Waals surface area contributed by atoms with Crippen LogP contribution in [0, 0.1) is 13.8 Å². The highest BCUT2D eigenvalue weighted by atomic mass is 32.2. The molecular weight excluding hydrogens is 232 g/mol. The Morgan fingerprint density at radius 1 is 1.29 bits per heavy atom. The second kappa shape index (κ2) is 4.13. The Hall–Kier alpha value is -0.830. The van der Waals surface area contributed by atoms with Crippen LogP contribution in [0.2, 0.25) is 0 Å². The molecule has 94 valence electrons. The lowest BCUT2D eigenvalue weighted by Gasteiger charge is -2.19. The molecule has 0 unspecified atom stereocenters. The number of aromatic hydroxyl groups is 1. The third-order valence-corrected chi connectivity index (χ3v) is 4.01. The molecule has 0 saturated heterocycles. The van der Waals surface area contributed by atoms with Crippen LogP contribution in [-0.4, -0.2) is 17.0 Å². The smallest absolute Gasteiger partial charge is 0.128 e. The van der Waals surface area contributed by atoms with Gasteiger partial charge >= 0.3 is 0 Å². The van der Waals surface area contributed by atoms with Crippen LogP contribution in [0.3, 0.4) is 0 Å². The van der Waals surface area contributed by atoms with Crippen molar-refractivity contribution in [2.45, 2.75) is 45.5 Å². The van der Waals surface area contributed by atoms with Crippen molar-refractivity contribution in [1.82, 2.24) is 0 Å². The molecule has 1 aromatic rings. The third kappa shape index (κ3) is 2.01. The number of hydrogen-bond donors (Lipinski definition) is 1. The van der Waals surface area contributed by atoms with Gasteiger partial charge in [-0.05, 0) is 45.1 Å². The Morgan fingerprint density at radius 3 is 2.53 bits per heavy atom. The average molecular weight is 252 g/mol. The van der Waals surface area contributed by atoms with E-state index >= 15 is 0 Å². The zero-order valence-corrected chi connectivity index (χ0v) is 12.0. The summed E-state index contributed by atoms with van der Waals surface area (Å²) < 4.78 is 6.07. The molecule has 0 bridgehead atoms. The first-order chi connectivity index (χ1) is 7.87. The number of thioether (sulfide) groups is 1. The molecule has 0 spiro atoms. The molecule has 0 radical (unpaired) electrons. The van der Waals surface area contributed by atoms with E-state index in [0.29, 0.717) is 5.75 Å². The summed E-state index contributed by atoms with van der Waals surface area (Å²) in [5.41, 5.74) is 4.13. The van der Waals surface area contributed by atoms with Crippen LogP contribution >= 0.6 is 11.8 Å². The quantitative estimate of drug-likeness (QED) is 0.872. The number of phenols is 1. The summed E-state index contributed by atoms with van der Waals surface area (Å²) in [5, 5.41) is 10.2. The fourth-order valence-electron chi connectivity index (χ4n) is 2.48. The third-order valence-electron chi connectivity index (χ3n) is 3.43. The van der Waals surface area contributed by atoms with Gasteiger partial charge in [-0.15, -0.1) is 0 Å². The summed E-state index contributed by atoms with van der Waals surface area (Å²) in [5.74, 6) is 2.34. The van der Waals surface area contributed by atoms with Gasteiger partial charge in [0.25, 0.3) is 0 Å². The molecule has 2 nitrogen and oxygen atoms in total. The Morgan fingerprint density at radius 2 is 1.94 bits per heavy atom. The van der Waals surface area contributed by atoms with E-state index in [4.69, 9.17) is 4.74 Å². The van der Waals surface area contributed by atoms with Gasteiger partial charge < -0.3 is 9.84 Å². The summed E-state index contributed by atoms with van der Waals surface area (Å²) in [6.45, 7) is 8.15. The van der Waals surface area contributed by atoms with Gasteiger partial charge in [0, 0.05) is 23.3 Å². The first kappa shape index (κ1) is 12.6. The molecule has 2 rings (SSSR count).